The minimum absolute atomic E-state index is 0.171. The second-order valence-electron chi connectivity index (χ2n) is 3.34. The summed E-state index contributed by atoms with van der Waals surface area (Å²) in [4.78, 5) is 0. The summed E-state index contributed by atoms with van der Waals surface area (Å²) in [6.45, 7) is 7.04. The molecule has 0 radical (unpaired) electrons. The molecule has 1 heteroatoms. The summed E-state index contributed by atoms with van der Waals surface area (Å²) in [5.41, 5.74) is 0. The van der Waals surface area contributed by atoms with Gasteiger partial charge in [0.05, 0.1) is 0 Å². The van der Waals surface area contributed by atoms with Gasteiger partial charge in [-0.15, -0.1) is 0 Å². The third-order valence-corrected chi connectivity index (χ3v) is 3.26. The summed E-state index contributed by atoms with van der Waals surface area (Å²) in [5.74, 6) is 0. The molecule has 1 rings (SSSR count). The number of hydrogen-bond acceptors (Lipinski definition) is 0. The zero-order valence-electron chi connectivity index (χ0n) is 8.46. The Morgan fingerprint density at radius 2 is 1.17 bits per heavy atom. The molecule has 0 unspecified atom stereocenters. The Morgan fingerprint density at radius 3 is 1.25 bits per heavy atom. The molecular weight excluding hydrogens is 160 g/mol. The topological polar surface area (TPSA) is 0 Å². The van der Waals surface area contributed by atoms with E-state index >= 15 is 0 Å². The van der Waals surface area contributed by atoms with Gasteiger partial charge in [-0.05, 0) is 0 Å². The first-order chi connectivity index (χ1) is 5.77. The highest BCUT2D eigenvalue weighted by Gasteiger charge is 1.88. The van der Waals surface area contributed by atoms with Gasteiger partial charge in [-0.1, -0.05) is 68.9 Å². The van der Waals surface area contributed by atoms with Crippen LogP contribution in [0.25, 0.3) is 0 Å². The Morgan fingerprint density at radius 1 is 0.833 bits per heavy atom. The SMILES string of the molecule is CCC[SiH](C)C.c1ccccc1. The lowest BCUT2D eigenvalue weighted by Crippen LogP contribution is -1.95. The molecule has 0 aliphatic rings. The Kier molecular flexibility index (Phi) is 8.13. The third-order valence-electron chi connectivity index (χ3n) is 1.53. The summed E-state index contributed by atoms with van der Waals surface area (Å²) >= 11 is 0. The summed E-state index contributed by atoms with van der Waals surface area (Å²) in [6.07, 6.45) is 1.39. The average molecular weight is 180 g/mol. The summed E-state index contributed by atoms with van der Waals surface area (Å²) in [7, 11) is -0.171. The Hall–Kier alpha value is -0.563. The van der Waals surface area contributed by atoms with E-state index in [4.69, 9.17) is 0 Å². The van der Waals surface area contributed by atoms with Gasteiger partial charge >= 0.3 is 0 Å². The number of benzene rings is 1. The van der Waals surface area contributed by atoms with Crippen molar-refractivity contribution in [2.75, 3.05) is 0 Å². The van der Waals surface area contributed by atoms with E-state index in [9.17, 15) is 0 Å². The molecule has 0 aliphatic carbocycles. The molecule has 1 aromatic rings. The highest BCUT2D eigenvalue weighted by molar-refractivity contribution is 6.55. The van der Waals surface area contributed by atoms with E-state index in [1.54, 1.807) is 0 Å². The van der Waals surface area contributed by atoms with Crippen molar-refractivity contribution >= 4 is 8.80 Å². The highest BCUT2D eigenvalue weighted by Crippen LogP contribution is 1.92. The van der Waals surface area contributed by atoms with Crippen LogP contribution in [0, 0.1) is 0 Å². The van der Waals surface area contributed by atoms with Gasteiger partial charge < -0.3 is 0 Å². The van der Waals surface area contributed by atoms with Crippen LogP contribution in [0.1, 0.15) is 13.3 Å². The molecule has 0 atom stereocenters. The average Bonchev–Trinajstić information content (AvgIpc) is 2.08. The van der Waals surface area contributed by atoms with E-state index in [-0.39, 0.29) is 8.80 Å². The van der Waals surface area contributed by atoms with Gasteiger partial charge in [0.25, 0.3) is 0 Å². The van der Waals surface area contributed by atoms with Gasteiger partial charge in [0.2, 0.25) is 0 Å². The summed E-state index contributed by atoms with van der Waals surface area (Å²) in [6, 6.07) is 13.5. The first kappa shape index (κ1) is 11.4. The zero-order chi connectivity index (χ0) is 9.23. The van der Waals surface area contributed by atoms with Gasteiger partial charge in [-0.25, -0.2) is 0 Å². The number of hydrogen-bond donors (Lipinski definition) is 0. The number of rotatable bonds is 2. The quantitative estimate of drug-likeness (QED) is 0.610. The second kappa shape index (κ2) is 8.53. The monoisotopic (exact) mass is 180 g/mol. The molecule has 0 spiro atoms. The smallest absolute Gasteiger partial charge is 0.0305 e. The van der Waals surface area contributed by atoms with E-state index in [0.29, 0.717) is 0 Å². The van der Waals surface area contributed by atoms with Gasteiger partial charge in [0.15, 0.2) is 0 Å². The minimum Gasteiger partial charge on any atom is -0.0722 e. The maximum Gasteiger partial charge on any atom is 0.0305 e. The molecule has 0 saturated carbocycles. The molecule has 0 nitrogen and oxygen atoms in total. The van der Waals surface area contributed by atoms with Crippen LogP contribution in [-0.4, -0.2) is 8.80 Å². The van der Waals surface area contributed by atoms with Crippen molar-refractivity contribution in [1.29, 1.82) is 0 Å². The predicted octanol–water partition coefficient (Wildman–Crippen LogP) is 3.57. The van der Waals surface area contributed by atoms with E-state index < -0.39 is 0 Å². The van der Waals surface area contributed by atoms with Gasteiger partial charge in [0, 0.05) is 8.80 Å². The van der Waals surface area contributed by atoms with Gasteiger partial charge in [0.1, 0.15) is 0 Å². The Balaban J connectivity index is 0.000000202. The van der Waals surface area contributed by atoms with Crippen LogP contribution in [0.2, 0.25) is 19.1 Å². The van der Waals surface area contributed by atoms with Crippen molar-refractivity contribution in [3.05, 3.63) is 36.4 Å². The molecular formula is C11H20Si. The van der Waals surface area contributed by atoms with Crippen molar-refractivity contribution in [2.45, 2.75) is 32.5 Å². The standard InChI is InChI=1S/C6H6.C5H14Si/c1-2-4-6-5-3-1;1-4-5-6(2)3/h1-6H;6H,4-5H2,1-3H3. The van der Waals surface area contributed by atoms with Crippen LogP contribution >= 0.6 is 0 Å². The first-order valence-corrected chi connectivity index (χ1v) is 7.90. The maximum absolute atomic E-state index is 2.39. The molecule has 0 heterocycles. The molecule has 0 amide bonds. The lowest BCUT2D eigenvalue weighted by Gasteiger charge is -1.93. The third kappa shape index (κ3) is 9.44. The molecule has 0 fully saturated rings. The molecule has 0 saturated heterocycles. The van der Waals surface area contributed by atoms with E-state index in [1.165, 1.54) is 12.5 Å². The summed E-state index contributed by atoms with van der Waals surface area (Å²) in [5, 5.41) is 0. The van der Waals surface area contributed by atoms with E-state index in [2.05, 4.69) is 20.0 Å². The Bertz CT molecular complexity index is 131. The molecule has 1 aromatic carbocycles. The molecule has 68 valence electrons. The van der Waals surface area contributed by atoms with E-state index in [0.717, 1.165) is 0 Å². The van der Waals surface area contributed by atoms with Gasteiger partial charge in [-0.2, -0.15) is 0 Å². The molecule has 0 aromatic heterocycles. The van der Waals surface area contributed by atoms with Crippen molar-refractivity contribution in [2.24, 2.45) is 0 Å². The first-order valence-electron chi connectivity index (χ1n) is 4.77. The lowest BCUT2D eigenvalue weighted by molar-refractivity contribution is 1.06. The Labute approximate surface area is 78.2 Å². The van der Waals surface area contributed by atoms with Crippen molar-refractivity contribution < 1.29 is 0 Å². The van der Waals surface area contributed by atoms with Crippen LogP contribution in [0.3, 0.4) is 0 Å². The fourth-order valence-electron chi connectivity index (χ4n) is 0.962. The normalized spacial score (nSPS) is 9.00. The fourth-order valence-corrected chi connectivity index (χ4v) is 2.12. The maximum atomic E-state index is 2.39. The van der Waals surface area contributed by atoms with Gasteiger partial charge in [-0.3, -0.25) is 0 Å². The largest absolute Gasteiger partial charge is 0.0722 e. The summed E-state index contributed by atoms with van der Waals surface area (Å²) < 4.78 is 0. The van der Waals surface area contributed by atoms with Crippen molar-refractivity contribution in [3.8, 4) is 0 Å². The zero-order valence-corrected chi connectivity index (χ0v) is 9.61. The highest BCUT2D eigenvalue weighted by atomic mass is 28.3. The fraction of sp³-hybridized carbons (Fsp3) is 0.455. The minimum atomic E-state index is -0.171. The lowest BCUT2D eigenvalue weighted by atomic mass is 10.4. The van der Waals surface area contributed by atoms with Crippen LogP contribution < -0.4 is 0 Å². The van der Waals surface area contributed by atoms with Crippen LogP contribution in [-0.2, 0) is 0 Å². The van der Waals surface area contributed by atoms with Crippen molar-refractivity contribution in [1.82, 2.24) is 0 Å². The molecule has 12 heavy (non-hydrogen) atoms. The molecule has 0 N–H and O–H groups in total. The molecule has 0 aliphatic heterocycles. The van der Waals surface area contributed by atoms with Crippen LogP contribution in [0.15, 0.2) is 36.4 Å². The second-order valence-corrected chi connectivity index (χ2v) is 6.70. The predicted molar refractivity (Wildman–Crippen MR) is 60.4 cm³/mol. The van der Waals surface area contributed by atoms with Crippen LogP contribution in [0.4, 0.5) is 0 Å². The van der Waals surface area contributed by atoms with Crippen LogP contribution in [0.5, 0.6) is 0 Å². The molecule has 0 bridgehead atoms. The van der Waals surface area contributed by atoms with E-state index in [1.807, 2.05) is 36.4 Å². The van der Waals surface area contributed by atoms with Crippen molar-refractivity contribution in [3.63, 3.8) is 0 Å².